The lowest BCUT2D eigenvalue weighted by atomic mass is 10.1. The topological polar surface area (TPSA) is 64.6 Å². The van der Waals surface area contributed by atoms with Crippen LogP contribution in [0, 0.1) is 6.92 Å². The number of aryl methyl sites for hydroxylation is 1. The number of benzene rings is 1. The molecule has 1 amide bonds. The monoisotopic (exact) mass is 313 g/mol. The van der Waals surface area contributed by atoms with Crippen molar-refractivity contribution in [2.45, 2.75) is 33.4 Å². The molecule has 0 spiro atoms. The van der Waals surface area contributed by atoms with Gasteiger partial charge in [-0.15, -0.1) is 0 Å². The van der Waals surface area contributed by atoms with Crippen molar-refractivity contribution in [3.63, 3.8) is 0 Å². The van der Waals surface area contributed by atoms with Gasteiger partial charge in [-0.25, -0.2) is 0 Å². The molecule has 23 heavy (non-hydrogen) atoms. The predicted molar refractivity (Wildman–Crippen MR) is 86.6 cm³/mol. The van der Waals surface area contributed by atoms with Gasteiger partial charge >= 0.3 is 0 Å². The highest BCUT2D eigenvalue weighted by atomic mass is 16.5. The molecule has 3 rings (SSSR count). The number of ether oxygens (including phenoxy) is 1. The molecule has 1 N–H and O–H groups in total. The zero-order valence-electron chi connectivity index (χ0n) is 13.4. The first-order valence-corrected chi connectivity index (χ1v) is 7.54. The molecule has 5 nitrogen and oxygen atoms in total. The first-order chi connectivity index (χ1) is 11.0. The molecule has 0 aliphatic carbocycles. The van der Waals surface area contributed by atoms with Crippen LogP contribution in [0.1, 0.15) is 35.7 Å². The minimum absolute atomic E-state index is 0.0116. The Balaban J connectivity index is 1.82. The maximum absolute atomic E-state index is 12.4. The maximum atomic E-state index is 12.4. The molecular formula is C18H19NO4. The Kier molecular flexibility index (Phi) is 4.10. The van der Waals surface area contributed by atoms with Crippen LogP contribution in [0.5, 0.6) is 5.75 Å². The SMILES string of the molecule is Cc1ccc(CNC(=O)c2cc(OC(C)C)c3ccoc3c2)o1. The Morgan fingerprint density at radius 3 is 2.78 bits per heavy atom. The van der Waals surface area contributed by atoms with Gasteiger partial charge in [0.1, 0.15) is 22.9 Å². The Morgan fingerprint density at radius 1 is 1.26 bits per heavy atom. The van der Waals surface area contributed by atoms with Crippen LogP contribution in [0.15, 0.2) is 45.4 Å². The number of fused-ring (bicyclic) bond motifs is 1. The lowest BCUT2D eigenvalue weighted by Gasteiger charge is -2.12. The quantitative estimate of drug-likeness (QED) is 0.771. The summed E-state index contributed by atoms with van der Waals surface area (Å²) in [6.45, 7) is 6.09. The van der Waals surface area contributed by atoms with Gasteiger partial charge in [-0.05, 0) is 51.1 Å². The number of carbonyl (C=O) groups excluding carboxylic acids is 1. The van der Waals surface area contributed by atoms with Crippen LogP contribution >= 0.6 is 0 Å². The van der Waals surface area contributed by atoms with Gasteiger partial charge in [0.15, 0.2) is 0 Å². The van der Waals surface area contributed by atoms with Gasteiger partial charge in [0, 0.05) is 5.56 Å². The van der Waals surface area contributed by atoms with E-state index in [4.69, 9.17) is 13.6 Å². The molecule has 0 atom stereocenters. The lowest BCUT2D eigenvalue weighted by Crippen LogP contribution is -2.22. The Hall–Kier alpha value is -2.69. The van der Waals surface area contributed by atoms with E-state index in [1.165, 1.54) is 0 Å². The lowest BCUT2D eigenvalue weighted by molar-refractivity contribution is 0.0947. The summed E-state index contributed by atoms with van der Waals surface area (Å²) in [4.78, 5) is 12.4. The fourth-order valence-corrected chi connectivity index (χ4v) is 2.37. The van der Waals surface area contributed by atoms with Crippen molar-refractivity contribution >= 4 is 16.9 Å². The molecule has 1 aromatic carbocycles. The Morgan fingerprint density at radius 2 is 2.09 bits per heavy atom. The van der Waals surface area contributed by atoms with Crippen LogP contribution in [-0.4, -0.2) is 12.0 Å². The van der Waals surface area contributed by atoms with E-state index in [1.807, 2.05) is 39.0 Å². The summed E-state index contributed by atoms with van der Waals surface area (Å²) in [5.41, 5.74) is 1.12. The minimum atomic E-state index is -0.203. The normalized spacial score (nSPS) is 11.1. The van der Waals surface area contributed by atoms with Crippen molar-refractivity contribution in [2.24, 2.45) is 0 Å². The van der Waals surface area contributed by atoms with Gasteiger partial charge in [-0.3, -0.25) is 4.79 Å². The molecule has 3 aromatic rings. The molecule has 120 valence electrons. The highest BCUT2D eigenvalue weighted by molar-refractivity contribution is 5.99. The van der Waals surface area contributed by atoms with Crippen LogP contribution in [0.25, 0.3) is 11.0 Å². The molecule has 0 fully saturated rings. The van der Waals surface area contributed by atoms with Crippen molar-refractivity contribution in [3.05, 3.63) is 53.7 Å². The molecule has 0 unspecified atom stereocenters. The molecule has 0 saturated heterocycles. The highest BCUT2D eigenvalue weighted by Gasteiger charge is 2.14. The van der Waals surface area contributed by atoms with Crippen molar-refractivity contribution < 1.29 is 18.4 Å². The summed E-state index contributed by atoms with van der Waals surface area (Å²) in [6, 6.07) is 9.00. The summed E-state index contributed by atoms with van der Waals surface area (Å²) in [5, 5.41) is 3.69. The minimum Gasteiger partial charge on any atom is -0.490 e. The van der Waals surface area contributed by atoms with Crippen molar-refractivity contribution in [1.82, 2.24) is 5.32 Å². The smallest absolute Gasteiger partial charge is 0.251 e. The third kappa shape index (κ3) is 3.39. The number of amides is 1. The number of rotatable bonds is 5. The number of carbonyl (C=O) groups is 1. The molecule has 5 heteroatoms. The van der Waals surface area contributed by atoms with Gasteiger partial charge in [0.05, 0.1) is 24.3 Å². The summed E-state index contributed by atoms with van der Waals surface area (Å²) in [6.07, 6.45) is 1.60. The van der Waals surface area contributed by atoms with E-state index < -0.39 is 0 Å². The third-order valence-electron chi connectivity index (χ3n) is 3.38. The second kappa shape index (κ2) is 6.20. The number of nitrogens with one attached hydrogen (secondary N) is 1. The summed E-state index contributed by atoms with van der Waals surface area (Å²) in [7, 11) is 0. The second-order valence-corrected chi connectivity index (χ2v) is 5.67. The summed E-state index contributed by atoms with van der Waals surface area (Å²) < 4.78 is 16.6. The maximum Gasteiger partial charge on any atom is 0.251 e. The van der Waals surface area contributed by atoms with Crippen LogP contribution in [0.2, 0.25) is 0 Å². The summed E-state index contributed by atoms with van der Waals surface area (Å²) >= 11 is 0. The van der Waals surface area contributed by atoms with Crippen LogP contribution < -0.4 is 10.1 Å². The second-order valence-electron chi connectivity index (χ2n) is 5.67. The van der Waals surface area contributed by atoms with E-state index in [2.05, 4.69) is 5.32 Å². The predicted octanol–water partition coefficient (Wildman–Crippen LogP) is 4.05. The molecule has 0 aliphatic rings. The highest BCUT2D eigenvalue weighted by Crippen LogP contribution is 2.29. The van der Waals surface area contributed by atoms with Gasteiger partial charge in [0.25, 0.3) is 5.91 Å². The molecule has 2 heterocycles. The van der Waals surface area contributed by atoms with Gasteiger partial charge in [0.2, 0.25) is 0 Å². The molecule has 2 aromatic heterocycles. The van der Waals surface area contributed by atoms with Crippen LogP contribution in [0.3, 0.4) is 0 Å². The average molecular weight is 313 g/mol. The van der Waals surface area contributed by atoms with Gasteiger partial charge < -0.3 is 18.9 Å². The van der Waals surface area contributed by atoms with Gasteiger partial charge in [-0.1, -0.05) is 0 Å². The summed E-state index contributed by atoms with van der Waals surface area (Å²) in [5.74, 6) is 1.98. The Bertz CT molecular complexity index is 829. The van der Waals surface area contributed by atoms with E-state index in [0.717, 1.165) is 11.1 Å². The van der Waals surface area contributed by atoms with Gasteiger partial charge in [-0.2, -0.15) is 0 Å². The van der Waals surface area contributed by atoms with Crippen LogP contribution in [-0.2, 0) is 6.54 Å². The Labute approximate surface area is 134 Å². The zero-order valence-corrected chi connectivity index (χ0v) is 13.4. The van der Waals surface area contributed by atoms with E-state index in [9.17, 15) is 4.79 Å². The largest absolute Gasteiger partial charge is 0.490 e. The van der Waals surface area contributed by atoms with Crippen molar-refractivity contribution in [1.29, 1.82) is 0 Å². The molecular weight excluding hydrogens is 294 g/mol. The molecule has 0 radical (unpaired) electrons. The molecule has 0 aliphatic heterocycles. The zero-order chi connectivity index (χ0) is 16.4. The molecule has 0 saturated carbocycles. The standard InChI is InChI=1S/C18H19NO4/c1-11(2)22-17-9-13(8-16-15(17)6-7-21-16)18(20)19-10-14-5-4-12(3)23-14/h4-9,11H,10H2,1-3H3,(H,19,20). The first kappa shape index (κ1) is 15.2. The number of hydrogen-bond acceptors (Lipinski definition) is 4. The van der Waals surface area contributed by atoms with Crippen molar-refractivity contribution in [2.75, 3.05) is 0 Å². The van der Waals surface area contributed by atoms with Crippen molar-refractivity contribution in [3.8, 4) is 5.75 Å². The van der Waals surface area contributed by atoms with E-state index in [-0.39, 0.29) is 12.0 Å². The van der Waals surface area contributed by atoms with E-state index in [1.54, 1.807) is 18.4 Å². The third-order valence-corrected chi connectivity index (χ3v) is 3.38. The van der Waals surface area contributed by atoms with E-state index >= 15 is 0 Å². The molecule has 0 bridgehead atoms. The fourth-order valence-electron chi connectivity index (χ4n) is 2.37. The number of furan rings is 2. The van der Waals surface area contributed by atoms with Crippen LogP contribution in [0.4, 0.5) is 0 Å². The number of hydrogen-bond donors (Lipinski definition) is 1. The first-order valence-electron chi connectivity index (χ1n) is 7.54. The average Bonchev–Trinajstić information content (AvgIpc) is 3.12. The fraction of sp³-hybridized carbons (Fsp3) is 0.278. The van der Waals surface area contributed by atoms with E-state index in [0.29, 0.717) is 29.2 Å².